The van der Waals surface area contributed by atoms with Gasteiger partial charge in [0.15, 0.2) is 5.69 Å². The Morgan fingerprint density at radius 2 is 2.16 bits per heavy atom. The average Bonchev–Trinajstić information content (AvgIpc) is 2.28. The zero-order valence-corrected chi connectivity index (χ0v) is 10.3. The van der Waals surface area contributed by atoms with Crippen LogP contribution in [-0.2, 0) is 4.79 Å². The van der Waals surface area contributed by atoms with Gasteiger partial charge in [-0.3, -0.25) is 14.9 Å². The number of phenolic OH excluding ortho intramolecular Hbond substituents is 1. The Labute approximate surface area is 109 Å². The molecule has 2 rings (SSSR count). The van der Waals surface area contributed by atoms with Gasteiger partial charge >= 0.3 is 0 Å². The topological polar surface area (TPSA) is 104 Å². The fraction of sp³-hybridized carbons (Fsp3) is 0.250. The molecule has 1 amide bonds. The van der Waals surface area contributed by atoms with Crippen molar-refractivity contribution >= 4 is 17.3 Å². The number of aromatic hydroxyl groups is 1. The number of nitrogens with one attached hydrogen (secondary N) is 2. The molecule has 7 nitrogen and oxygen atoms in total. The van der Waals surface area contributed by atoms with Crippen molar-refractivity contribution in [3.05, 3.63) is 39.5 Å². The van der Waals surface area contributed by atoms with Crippen molar-refractivity contribution in [2.24, 2.45) is 0 Å². The lowest BCUT2D eigenvalue weighted by Gasteiger charge is -2.21. The molecule has 0 unspecified atom stereocenters. The lowest BCUT2D eigenvalue weighted by molar-refractivity contribution is -0.384. The van der Waals surface area contributed by atoms with Gasteiger partial charge in [-0.25, -0.2) is 0 Å². The Morgan fingerprint density at radius 3 is 2.68 bits per heavy atom. The number of hydrogen-bond acceptors (Lipinski definition) is 5. The van der Waals surface area contributed by atoms with Crippen molar-refractivity contribution in [1.29, 1.82) is 0 Å². The summed E-state index contributed by atoms with van der Waals surface area (Å²) in [7, 11) is 0. The summed E-state index contributed by atoms with van der Waals surface area (Å²) in [6.45, 7) is 2.93. The summed E-state index contributed by atoms with van der Waals surface area (Å²) >= 11 is 0. The molecule has 1 heterocycles. The molecule has 1 aromatic carbocycles. The number of nitro groups is 1. The van der Waals surface area contributed by atoms with Gasteiger partial charge in [-0.1, -0.05) is 6.07 Å². The molecule has 0 spiro atoms. The minimum Gasteiger partial charge on any atom is -0.505 e. The predicted octanol–water partition coefficient (Wildman–Crippen LogP) is 1.16. The lowest BCUT2D eigenvalue weighted by Crippen LogP contribution is -2.36. The van der Waals surface area contributed by atoms with Crippen LogP contribution < -0.4 is 10.6 Å². The SMILES string of the molecule is CC(C(=O)Nc1c(O)cccc1[N+](=O)[O-])=C1CNC1. The molecule has 1 aliphatic rings. The fourth-order valence-corrected chi connectivity index (χ4v) is 1.69. The first-order valence-corrected chi connectivity index (χ1v) is 5.67. The van der Waals surface area contributed by atoms with Gasteiger partial charge in [0.1, 0.15) is 5.75 Å². The van der Waals surface area contributed by atoms with E-state index in [2.05, 4.69) is 10.6 Å². The fourth-order valence-electron chi connectivity index (χ4n) is 1.69. The molecule has 1 aromatic rings. The monoisotopic (exact) mass is 263 g/mol. The Bertz CT molecular complexity index is 574. The molecule has 1 saturated heterocycles. The van der Waals surface area contributed by atoms with Crippen LogP contribution in [0.4, 0.5) is 11.4 Å². The maximum atomic E-state index is 11.9. The van der Waals surface area contributed by atoms with Crippen LogP contribution in [0, 0.1) is 10.1 Å². The average molecular weight is 263 g/mol. The molecule has 0 radical (unpaired) electrons. The maximum Gasteiger partial charge on any atom is 0.296 e. The van der Waals surface area contributed by atoms with Gasteiger partial charge in [0.2, 0.25) is 0 Å². The van der Waals surface area contributed by atoms with E-state index in [0.29, 0.717) is 18.7 Å². The Balaban J connectivity index is 2.28. The lowest BCUT2D eigenvalue weighted by atomic mass is 10.0. The normalized spacial score (nSPS) is 13.6. The van der Waals surface area contributed by atoms with Crippen molar-refractivity contribution in [1.82, 2.24) is 5.32 Å². The van der Waals surface area contributed by atoms with Crippen molar-refractivity contribution < 1.29 is 14.8 Å². The Morgan fingerprint density at radius 1 is 1.47 bits per heavy atom. The second-order valence-electron chi connectivity index (χ2n) is 4.21. The summed E-state index contributed by atoms with van der Waals surface area (Å²) in [6, 6.07) is 3.86. The first kappa shape index (κ1) is 13.0. The number of hydrogen-bond donors (Lipinski definition) is 3. The number of anilines is 1. The number of phenols is 1. The van der Waals surface area contributed by atoms with Gasteiger partial charge in [0.25, 0.3) is 11.6 Å². The highest BCUT2D eigenvalue weighted by molar-refractivity contribution is 6.06. The van der Waals surface area contributed by atoms with E-state index >= 15 is 0 Å². The largest absolute Gasteiger partial charge is 0.505 e. The highest BCUT2D eigenvalue weighted by Gasteiger charge is 2.22. The molecule has 7 heteroatoms. The van der Waals surface area contributed by atoms with E-state index < -0.39 is 10.8 Å². The van der Waals surface area contributed by atoms with E-state index in [1.807, 2.05) is 0 Å². The molecule has 19 heavy (non-hydrogen) atoms. The summed E-state index contributed by atoms with van der Waals surface area (Å²) < 4.78 is 0. The van der Waals surface area contributed by atoms with Gasteiger partial charge in [0, 0.05) is 24.7 Å². The molecule has 1 aliphatic heterocycles. The Kier molecular flexibility index (Phi) is 3.48. The number of amides is 1. The van der Waals surface area contributed by atoms with E-state index in [1.54, 1.807) is 6.92 Å². The van der Waals surface area contributed by atoms with Crippen molar-refractivity contribution in [2.75, 3.05) is 18.4 Å². The van der Waals surface area contributed by atoms with E-state index in [0.717, 1.165) is 5.57 Å². The third-order valence-corrected chi connectivity index (χ3v) is 3.00. The second-order valence-corrected chi connectivity index (χ2v) is 4.21. The number of benzene rings is 1. The third-order valence-electron chi connectivity index (χ3n) is 3.00. The van der Waals surface area contributed by atoms with E-state index in [4.69, 9.17) is 0 Å². The van der Waals surface area contributed by atoms with Gasteiger partial charge < -0.3 is 15.7 Å². The molecular formula is C12H13N3O4. The first-order valence-electron chi connectivity index (χ1n) is 5.67. The minimum absolute atomic E-state index is 0.176. The standard InChI is InChI=1S/C12H13N3O4/c1-7(8-5-13-6-8)12(17)14-11-9(15(18)19)3-2-4-10(11)16/h2-4,13,16H,5-6H2,1H3,(H,14,17). The summed E-state index contributed by atoms with van der Waals surface area (Å²) in [5, 5.41) is 25.9. The summed E-state index contributed by atoms with van der Waals surface area (Å²) in [5.41, 5.74) is 0.953. The van der Waals surface area contributed by atoms with Crippen LogP contribution in [0.2, 0.25) is 0 Å². The number of carbonyl (C=O) groups excluding carboxylic acids is 1. The number of nitro benzene ring substituents is 1. The van der Waals surface area contributed by atoms with E-state index in [-0.39, 0.29) is 17.1 Å². The van der Waals surface area contributed by atoms with Crippen LogP contribution in [0.5, 0.6) is 5.75 Å². The van der Waals surface area contributed by atoms with Crippen molar-refractivity contribution in [2.45, 2.75) is 6.92 Å². The van der Waals surface area contributed by atoms with Gasteiger partial charge in [0.05, 0.1) is 4.92 Å². The van der Waals surface area contributed by atoms with Crippen LogP contribution in [0.3, 0.4) is 0 Å². The third kappa shape index (κ3) is 2.55. The van der Waals surface area contributed by atoms with Crippen LogP contribution >= 0.6 is 0 Å². The van der Waals surface area contributed by atoms with Gasteiger partial charge in [-0.2, -0.15) is 0 Å². The Hall–Kier alpha value is -2.41. The van der Waals surface area contributed by atoms with Crippen LogP contribution in [-0.4, -0.2) is 29.0 Å². The van der Waals surface area contributed by atoms with Crippen LogP contribution in [0.25, 0.3) is 0 Å². The molecule has 1 fully saturated rings. The molecule has 0 aromatic heterocycles. The highest BCUT2D eigenvalue weighted by Crippen LogP contribution is 2.33. The molecule has 0 aliphatic carbocycles. The quantitative estimate of drug-likeness (QED) is 0.328. The molecular weight excluding hydrogens is 250 g/mol. The van der Waals surface area contributed by atoms with Crippen LogP contribution in [0.1, 0.15) is 6.92 Å². The minimum atomic E-state index is -0.650. The number of rotatable bonds is 3. The highest BCUT2D eigenvalue weighted by atomic mass is 16.6. The molecule has 3 N–H and O–H groups in total. The summed E-state index contributed by atoms with van der Waals surface area (Å²) in [6.07, 6.45) is 0. The summed E-state index contributed by atoms with van der Waals surface area (Å²) in [5.74, 6) is -0.770. The van der Waals surface area contributed by atoms with Crippen LogP contribution in [0.15, 0.2) is 29.3 Å². The van der Waals surface area contributed by atoms with Gasteiger partial charge in [-0.05, 0) is 18.6 Å². The smallest absolute Gasteiger partial charge is 0.296 e. The van der Waals surface area contributed by atoms with Crippen molar-refractivity contribution in [3.8, 4) is 5.75 Å². The molecule has 0 bridgehead atoms. The van der Waals surface area contributed by atoms with E-state index in [1.165, 1.54) is 18.2 Å². The first-order chi connectivity index (χ1) is 9.00. The van der Waals surface area contributed by atoms with Gasteiger partial charge in [-0.15, -0.1) is 0 Å². The molecule has 100 valence electrons. The zero-order chi connectivity index (χ0) is 14.0. The zero-order valence-electron chi connectivity index (χ0n) is 10.3. The summed E-state index contributed by atoms with van der Waals surface area (Å²) in [4.78, 5) is 22.1. The maximum absolute atomic E-state index is 11.9. The molecule has 0 atom stereocenters. The second kappa shape index (κ2) is 5.07. The predicted molar refractivity (Wildman–Crippen MR) is 69.0 cm³/mol. The number of carbonyl (C=O) groups is 1. The van der Waals surface area contributed by atoms with Crippen molar-refractivity contribution in [3.63, 3.8) is 0 Å². The van der Waals surface area contributed by atoms with E-state index in [9.17, 15) is 20.0 Å². The number of para-hydroxylation sites is 1. The number of nitrogens with zero attached hydrogens (tertiary/aromatic N) is 1. The molecule has 0 saturated carbocycles.